The van der Waals surface area contributed by atoms with Crippen molar-refractivity contribution < 1.29 is 39.5 Å². The van der Waals surface area contributed by atoms with Gasteiger partial charge in [0.15, 0.2) is 12.0 Å². The van der Waals surface area contributed by atoms with Crippen LogP contribution < -0.4 is 5.32 Å². The van der Waals surface area contributed by atoms with E-state index in [-0.39, 0.29) is 70.7 Å². The van der Waals surface area contributed by atoms with Gasteiger partial charge in [0.1, 0.15) is 17.1 Å². The molecule has 2 aliphatic carbocycles. The van der Waals surface area contributed by atoms with Gasteiger partial charge in [0, 0.05) is 18.3 Å². The summed E-state index contributed by atoms with van der Waals surface area (Å²) in [5, 5.41) is 45.6. The van der Waals surface area contributed by atoms with Crippen LogP contribution in [0.2, 0.25) is 0 Å². The average molecular weight is 638 g/mol. The highest BCUT2D eigenvalue weighted by molar-refractivity contribution is 6.26. The molecule has 1 spiro atoms. The predicted molar refractivity (Wildman–Crippen MR) is 171 cm³/mol. The summed E-state index contributed by atoms with van der Waals surface area (Å²) in [6.45, 7) is 12.5. The molecule has 46 heavy (non-hydrogen) atoms. The molecule has 0 radical (unpaired) electrons. The Labute approximate surface area is 272 Å². The molecule has 6 rings (SSSR count). The van der Waals surface area contributed by atoms with Crippen LogP contribution >= 0.6 is 0 Å². The number of aliphatic hydroxyl groups excluding tert-OH is 3. The third-order valence-corrected chi connectivity index (χ3v) is 12.1. The third kappa shape index (κ3) is 5.71. The highest BCUT2D eigenvalue weighted by Gasteiger charge is 2.54. The van der Waals surface area contributed by atoms with E-state index >= 15 is 0 Å². The molecule has 5 aliphatic rings. The van der Waals surface area contributed by atoms with Crippen LogP contribution in [0.1, 0.15) is 90.4 Å². The van der Waals surface area contributed by atoms with Crippen molar-refractivity contribution in [3.05, 3.63) is 52.3 Å². The summed E-state index contributed by atoms with van der Waals surface area (Å²) in [4.78, 5) is 25.8. The van der Waals surface area contributed by atoms with Crippen molar-refractivity contribution in [1.82, 2.24) is 5.32 Å². The maximum atomic E-state index is 12.9. The normalized spacial score (nSPS) is 44.0. The number of benzene rings is 1. The lowest BCUT2D eigenvalue weighted by Crippen LogP contribution is -2.55. The molecular weight excluding hydrogens is 586 g/mol. The number of hydrogen-bond acceptors (Lipinski definition) is 8. The van der Waals surface area contributed by atoms with Crippen molar-refractivity contribution in [1.29, 1.82) is 0 Å². The molecule has 1 aromatic carbocycles. The third-order valence-electron chi connectivity index (χ3n) is 12.1. The van der Waals surface area contributed by atoms with Gasteiger partial charge in [0.05, 0.1) is 18.3 Å². The van der Waals surface area contributed by atoms with Crippen LogP contribution in [0.5, 0.6) is 5.75 Å². The number of fused-ring (bicyclic) bond motifs is 1. The minimum atomic E-state index is -1.68. The number of Topliss-reactive ketones (excluding diaryl/α,β-unsaturated/α-hetero) is 1. The van der Waals surface area contributed by atoms with Crippen LogP contribution in [0.3, 0.4) is 0 Å². The molecule has 13 atom stereocenters. The Kier molecular flexibility index (Phi) is 8.93. The quantitative estimate of drug-likeness (QED) is 0.128. The van der Waals surface area contributed by atoms with Crippen molar-refractivity contribution in [3.63, 3.8) is 0 Å². The van der Waals surface area contributed by atoms with E-state index in [4.69, 9.17) is 9.47 Å². The first-order valence-corrected chi connectivity index (χ1v) is 17.2. The summed E-state index contributed by atoms with van der Waals surface area (Å²) in [6.07, 6.45) is 4.03. The summed E-state index contributed by atoms with van der Waals surface area (Å²) < 4.78 is 14.1. The van der Waals surface area contributed by atoms with E-state index in [0.29, 0.717) is 12.8 Å². The molecule has 5 N–H and O–H groups in total. The van der Waals surface area contributed by atoms with E-state index in [1.54, 1.807) is 12.1 Å². The minimum Gasteiger partial charge on any atom is -0.511 e. The Bertz CT molecular complexity index is 1420. The molecule has 0 aromatic heterocycles. The van der Waals surface area contributed by atoms with Crippen molar-refractivity contribution >= 4 is 11.7 Å². The van der Waals surface area contributed by atoms with Crippen LogP contribution in [0.25, 0.3) is 0 Å². The number of carbonyl (C=O) groups is 2. The van der Waals surface area contributed by atoms with E-state index in [0.717, 1.165) is 42.4 Å². The van der Waals surface area contributed by atoms with Crippen LogP contribution in [-0.2, 0) is 19.1 Å². The van der Waals surface area contributed by atoms with Crippen LogP contribution in [-0.4, -0.2) is 56.3 Å². The van der Waals surface area contributed by atoms with Crippen molar-refractivity contribution in [3.8, 4) is 5.75 Å². The average Bonchev–Trinajstić information content (AvgIpc) is 3.24. The number of nitrogens with one attached hydrogen (secondary N) is 1. The number of aryl methyl sites for hydroxylation is 1. The number of rotatable bonds is 4. The van der Waals surface area contributed by atoms with Crippen LogP contribution in [0, 0.1) is 54.3 Å². The zero-order chi connectivity index (χ0) is 33.2. The topological polar surface area (TPSA) is 146 Å². The van der Waals surface area contributed by atoms with Gasteiger partial charge >= 0.3 is 0 Å². The first-order chi connectivity index (χ1) is 21.7. The Morgan fingerprint density at radius 3 is 2.41 bits per heavy atom. The number of phenolic OH excluding ortho intramolecular Hbond substituents is 1. The summed E-state index contributed by atoms with van der Waals surface area (Å²) in [7, 11) is 0. The molecule has 1 amide bonds. The molecule has 3 heterocycles. The van der Waals surface area contributed by atoms with Gasteiger partial charge < -0.3 is 35.2 Å². The van der Waals surface area contributed by atoms with Gasteiger partial charge in [-0.1, -0.05) is 45.4 Å². The lowest BCUT2D eigenvalue weighted by Gasteiger charge is -2.54. The number of aromatic hydroxyl groups is 1. The van der Waals surface area contributed by atoms with Crippen LogP contribution in [0.15, 0.2) is 41.2 Å². The first kappa shape index (κ1) is 33.2. The van der Waals surface area contributed by atoms with Gasteiger partial charge in [0.2, 0.25) is 5.78 Å². The Morgan fingerprint density at radius 1 is 1.00 bits per heavy atom. The number of amides is 1. The maximum Gasteiger partial charge on any atom is 0.260 e. The zero-order valence-corrected chi connectivity index (χ0v) is 27.9. The molecule has 9 nitrogen and oxygen atoms in total. The summed E-state index contributed by atoms with van der Waals surface area (Å²) in [6, 6.07) is 5.59. The minimum absolute atomic E-state index is 0.0811. The van der Waals surface area contributed by atoms with Crippen molar-refractivity contribution in [2.24, 2.45) is 47.3 Å². The van der Waals surface area contributed by atoms with Gasteiger partial charge in [-0.05, 0) is 105 Å². The molecular formula is C37H51NO8. The lowest BCUT2D eigenvalue weighted by molar-refractivity contribution is -0.356. The smallest absolute Gasteiger partial charge is 0.260 e. The van der Waals surface area contributed by atoms with Gasteiger partial charge in [-0.15, -0.1) is 0 Å². The zero-order valence-electron chi connectivity index (χ0n) is 27.9. The van der Waals surface area contributed by atoms with Gasteiger partial charge in [0.25, 0.3) is 5.91 Å². The number of hydrogen-bond donors (Lipinski definition) is 5. The fourth-order valence-electron chi connectivity index (χ4n) is 9.57. The van der Waals surface area contributed by atoms with Crippen molar-refractivity contribution in [2.75, 3.05) is 0 Å². The number of phenols is 1. The van der Waals surface area contributed by atoms with Gasteiger partial charge in [-0.2, -0.15) is 0 Å². The molecule has 252 valence electrons. The number of ketones is 1. The van der Waals surface area contributed by atoms with Crippen molar-refractivity contribution in [2.45, 2.75) is 110 Å². The van der Waals surface area contributed by atoms with E-state index < -0.39 is 35.7 Å². The maximum absolute atomic E-state index is 12.9. The van der Waals surface area contributed by atoms with E-state index in [1.807, 2.05) is 13.8 Å². The molecule has 1 aromatic rings. The summed E-state index contributed by atoms with van der Waals surface area (Å²) >= 11 is 0. The summed E-state index contributed by atoms with van der Waals surface area (Å²) in [5.74, 6) is -3.09. The molecule has 1 unspecified atom stereocenters. The first-order valence-electron chi connectivity index (χ1n) is 17.2. The van der Waals surface area contributed by atoms with Crippen LogP contribution in [0.4, 0.5) is 0 Å². The van der Waals surface area contributed by atoms with Gasteiger partial charge in [-0.3, -0.25) is 9.59 Å². The molecule has 1 saturated carbocycles. The van der Waals surface area contributed by atoms with Gasteiger partial charge in [-0.25, -0.2) is 0 Å². The highest BCUT2D eigenvalue weighted by Crippen LogP contribution is 2.55. The fourth-order valence-corrected chi connectivity index (χ4v) is 9.57. The second-order valence-corrected chi connectivity index (χ2v) is 15.3. The number of aliphatic hydroxyl groups is 3. The SMILES string of the molecule is CC1=C[C@@H]2CC[C@@H](O)[C@H](C)[C@@H]2[C@@H](C(O)=C2C(=O)NC(O)C2=O)[C@@H]1C[C@H]1O[C@@]2(CC[C@H](C)[C@@H](c3cc(C)cc(O)c3)O2)[C@@H](C)C[C@@H]1C. The largest absolute Gasteiger partial charge is 0.511 e. The number of ether oxygens (including phenoxy) is 2. The van der Waals surface area contributed by atoms with E-state index in [2.05, 4.69) is 45.2 Å². The monoisotopic (exact) mass is 637 g/mol. The Hall–Kier alpha value is -2.72. The fraction of sp³-hybridized carbons (Fsp3) is 0.676. The predicted octanol–water partition coefficient (Wildman–Crippen LogP) is 5.38. The molecule has 3 aliphatic heterocycles. The Morgan fingerprint density at radius 2 is 1.74 bits per heavy atom. The molecule has 3 saturated heterocycles. The highest BCUT2D eigenvalue weighted by atomic mass is 16.7. The molecule has 0 bridgehead atoms. The van der Waals surface area contributed by atoms with E-state index in [1.165, 1.54) is 0 Å². The summed E-state index contributed by atoms with van der Waals surface area (Å²) in [5.41, 5.74) is 2.61. The second-order valence-electron chi connectivity index (χ2n) is 15.3. The molecule has 9 heteroatoms. The number of carbonyl (C=O) groups excluding carboxylic acids is 2. The lowest BCUT2D eigenvalue weighted by atomic mass is 9.56. The molecule has 4 fully saturated rings. The Balaban J connectivity index is 1.35. The second kappa shape index (κ2) is 12.4. The van der Waals surface area contributed by atoms with E-state index in [9.17, 15) is 30.0 Å². The standard InChI is InChI=1S/C37H51NO8/c1-17-11-24(15-25(39)12-17)34-18(2)9-10-37(46-34)21(5)13-20(4)28(45-37)16-26-19(3)14-23-7-8-27(40)22(6)29(23)30(26)32(41)31-33(42)36(44)38-35(31)43/h11-12,14-15,18,20-23,26-30,34,36,39-41,44H,7-10,13,16H2,1-6H3,(H,38,43)/t18-,20-,21-,22-,23-,26+,27+,28+,29-,30-,34-,36?,37+/m0/s1. The number of allylic oxidation sites excluding steroid dienone is 3.